The van der Waals surface area contributed by atoms with E-state index in [2.05, 4.69) is 15.6 Å². The lowest BCUT2D eigenvalue weighted by atomic mass is 10.1. The highest BCUT2D eigenvalue weighted by Gasteiger charge is 2.33. The van der Waals surface area contributed by atoms with Gasteiger partial charge in [0.2, 0.25) is 0 Å². The number of hydrogen-bond donors (Lipinski definition) is 2. The van der Waals surface area contributed by atoms with Crippen LogP contribution in [0, 0.1) is 0 Å². The van der Waals surface area contributed by atoms with Crippen LogP contribution >= 0.6 is 0 Å². The van der Waals surface area contributed by atoms with Crippen LogP contribution in [-0.2, 0) is 6.18 Å². The van der Waals surface area contributed by atoms with Crippen molar-refractivity contribution in [2.75, 3.05) is 17.2 Å². The molecule has 0 aliphatic heterocycles. The van der Waals surface area contributed by atoms with Crippen LogP contribution in [0.1, 0.15) is 29.4 Å². The lowest BCUT2D eigenvalue weighted by Gasteiger charge is -2.13. The Morgan fingerprint density at radius 1 is 1.22 bits per heavy atom. The van der Waals surface area contributed by atoms with Crippen molar-refractivity contribution >= 4 is 17.3 Å². The van der Waals surface area contributed by atoms with Crippen molar-refractivity contribution in [2.45, 2.75) is 19.5 Å². The van der Waals surface area contributed by atoms with Crippen LogP contribution in [0.4, 0.5) is 24.5 Å². The van der Waals surface area contributed by atoms with Gasteiger partial charge in [0.25, 0.3) is 5.91 Å². The summed E-state index contributed by atoms with van der Waals surface area (Å²) in [7, 11) is 0. The topological polar surface area (TPSA) is 54.0 Å². The summed E-state index contributed by atoms with van der Waals surface area (Å²) >= 11 is 0. The number of aromatic nitrogens is 1. The molecular formula is C16H16F3N3O. The first kappa shape index (κ1) is 16.8. The zero-order valence-electron chi connectivity index (χ0n) is 12.4. The summed E-state index contributed by atoms with van der Waals surface area (Å²) < 4.78 is 38.8. The third-order valence-electron chi connectivity index (χ3n) is 3.05. The molecule has 2 N–H and O–H groups in total. The molecule has 0 aliphatic carbocycles. The molecule has 7 heteroatoms. The molecule has 1 heterocycles. The SMILES string of the molecule is CCCNc1ccnc(C(=O)Nc2ccccc2C(F)(F)F)c1. The molecule has 0 saturated carbocycles. The minimum atomic E-state index is -4.54. The van der Waals surface area contributed by atoms with Crippen LogP contribution in [0.15, 0.2) is 42.6 Å². The van der Waals surface area contributed by atoms with Crippen molar-refractivity contribution in [2.24, 2.45) is 0 Å². The number of benzene rings is 1. The van der Waals surface area contributed by atoms with E-state index >= 15 is 0 Å². The number of pyridine rings is 1. The van der Waals surface area contributed by atoms with E-state index in [1.807, 2.05) is 6.92 Å². The maximum Gasteiger partial charge on any atom is 0.418 e. The highest BCUT2D eigenvalue weighted by molar-refractivity contribution is 6.03. The fourth-order valence-corrected chi connectivity index (χ4v) is 1.96. The number of alkyl halides is 3. The molecule has 23 heavy (non-hydrogen) atoms. The standard InChI is InChI=1S/C16H16F3N3O/c1-2-8-20-11-7-9-21-14(10-11)15(23)22-13-6-4-3-5-12(13)16(17,18)19/h3-7,9-10H,2,8H2,1H3,(H,20,21)(H,22,23). The number of halogens is 3. The number of nitrogens with zero attached hydrogens (tertiary/aromatic N) is 1. The monoisotopic (exact) mass is 323 g/mol. The van der Waals surface area contributed by atoms with E-state index in [0.29, 0.717) is 5.69 Å². The Bertz CT molecular complexity index is 686. The summed E-state index contributed by atoms with van der Waals surface area (Å²) in [5, 5.41) is 5.36. The van der Waals surface area contributed by atoms with Gasteiger partial charge >= 0.3 is 6.18 Å². The van der Waals surface area contributed by atoms with Gasteiger partial charge in [0.15, 0.2) is 0 Å². The van der Waals surface area contributed by atoms with E-state index in [1.165, 1.54) is 30.5 Å². The van der Waals surface area contributed by atoms with Crippen molar-refractivity contribution in [3.05, 3.63) is 53.9 Å². The van der Waals surface area contributed by atoms with Gasteiger partial charge < -0.3 is 10.6 Å². The van der Waals surface area contributed by atoms with Crippen molar-refractivity contribution in [1.82, 2.24) is 4.98 Å². The zero-order valence-corrected chi connectivity index (χ0v) is 12.4. The van der Waals surface area contributed by atoms with Crippen molar-refractivity contribution in [3.63, 3.8) is 0 Å². The Morgan fingerprint density at radius 3 is 2.65 bits per heavy atom. The Labute approximate surface area is 131 Å². The number of anilines is 2. The van der Waals surface area contributed by atoms with Crippen molar-refractivity contribution < 1.29 is 18.0 Å². The van der Waals surface area contributed by atoms with Gasteiger partial charge in [-0.15, -0.1) is 0 Å². The molecule has 1 aromatic carbocycles. The summed E-state index contributed by atoms with van der Waals surface area (Å²) in [5.41, 5.74) is -0.452. The van der Waals surface area contributed by atoms with Crippen LogP contribution < -0.4 is 10.6 Å². The highest BCUT2D eigenvalue weighted by Crippen LogP contribution is 2.34. The zero-order chi connectivity index (χ0) is 16.9. The molecular weight excluding hydrogens is 307 g/mol. The predicted octanol–water partition coefficient (Wildman–Crippen LogP) is 4.17. The fourth-order valence-electron chi connectivity index (χ4n) is 1.96. The molecule has 0 spiro atoms. The van der Waals surface area contributed by atoms with Gasteiger partial charge in [-0.1, -0.05) is 19.1 Å². The molecule has 0 fully saturated rings. The van der Waals surface area contributed by atoms with E-state index in [-0.39, 0.29) is 11.4 Å². The summed E-state index contributed by atoms with van der Waals surface area (Å²) in [4.78, 5) is 16.1. The second-order valence-electron chi connectivity index (χ2n) is 4.85. The molecule has 1 amide bonds. The van der Waals surface area contributed by atoms with E-state index in [9.17, 15) is 18.0 Å². The van der Waals surface area contributed by atoms with Gasteiger partial charge in [-0.25, -0.2) is 0 Å². The number of nitrogens with one attached hydrogen (secondary N) is 2. The predicted molar refractivity (Wildman–Crippen MR) is 82.4 cm³/mol. The minimum absolute atomic E-state index is 0.0445. The molecule has 0 unspecified atom stereocenters. The molecule has 122 valence electrons. The second-order valence-corrected chi connectivity index (χ2v) is 4.85. The van der Waals surface area contributed by atoms with E-state index in [0.717, 1.165) is 19.0 Å². The largest absolute Gasteiger partial charge is 0.418 e. The Hall–Kier alpha value is -2.57. The Morgan fingerprint density at radius 2 is 1.96 bits per heavy atom. The molecule has 0 radical (unpaired) electrons. The van der Waals surface area contributed by atoms with Gasteiger partial charge in [-0.2, -0.15) is 13.2 Å². The molecule has 0 atom stereocenters. The fraction of sp³-hybridized carbons (Fsp3) is 0.250. The lowest BCUT2D eigenvalue weighted by molar-refractivity contribution is -0.136. The van der Waals surface area contributed by atoms with Gasteiger partial charge in [-0.3, -0.25) is 9.78 Å². The summed E-state index contributed by atoms with van der Waals surface area (Å²) in [5.74, 6) is -0.693. The van der Waals surface area contributed by atoms with Gasteiger partial charge in [0.1, 0.15) is 5.69 Å². The molecule has 4 nitrogen and oxygen atoms in total. The van der Waals surface area contributed by atoms with E-state index in [1.54, 1.807) is 6.07 Å². The maximum absolute atomic E-state index is 12.9. The summed E-state index contributed by atoms with van der Waals surface area (Å²) in [6, 6.07) is 8.02. The van der Waals surface area contributed by atoms with Crippen LogP contribution in [0.25, 0.3) is 0 Å². The lowest BCUT2D eigenvalue weighted by Crippen LogP contribution is -2.17. The normalized spacial score (nSPS) is 11.1. The first-order chi connectivity index (χ1) is 10.9. The summed E-state index contributed by atoms with van der Waals surface area (Å²) in [6.07, 6.45) is -2.20. The van der Waals surface area contributed by atoms with Crippen LogP contribution in [0.3, 0.4) is 0 Å². The number of carbonyl (C=O) groups is 1. The number of hydrogen-bond acceptors (Lipinski definition) is 3. The van der Waals surface area contributed by atoms with Crippen LogP contribution in [0.5, 0.6) is 0 Å². The molecule has 0 saturated heterocycles. The maximum atomic E-state index is 12.9. The Kier molecular flexibility index (Phi) is 5.20. The third kappa shape index (κ3) is 4.45. The molecule has 2 aromatic rings. The highest BCUT2D eigenvalue weighted by atomic mass is 19.4. The van der Waals surface area contributed by atoms with Crippen LogP contribution in [-0.4, -0.2) is 17.4 Å². The van der Waals surface area contributed by atoms with Crippen LogP contribution in [0.2, 0.25) is 0 Å². The van der Waals surface area contributed by atoms with Gasteiger partial charge in [-0.05, 0) is 30.7 Å². The van der Waals surface area contributed by atoms with Gasteiger partial charge in [0.05, 0.1) is 11.3 Å². The molecule has 0 bridgehead atoms. The average Bonchev–Trinajstić information content (AvgIpc) is 2.52. The molecule has 2 rings (SSSR count). The van der Waals surface area contributed by atoms with E-state index < -0.39 is 17.6 Å². The second kappa shape index (κ2) is 7.13. The third-order valence-corrected chi connectivity index (χ3v) is 3.05. The first-order valence-electron chi connectivity index (χ1n) is 7.09. The number of carbonyl (C=O) groups excluding carboxylic acids is 1. The van der Waals surface area contributed by atoms with Gasteiger partial charge in [0, 0.05) is 18.4 Å². The number of amides is 1. The van der Waals surface area contributed by atoms with E-state index in [4.69, 9.17) is 0 Å². The smallest absolute Gasteiger partial charge is 0.385 e. The van der Waals surface area contributed by atoms with Crippen molar-refractivity contribution in [3.8, 4) is 0 Å². The molecule has 1 aromatic heterocycles. The summed E-state index contributed by atoms with van der Waals surface area (Å²) in [6.45, 7) is 2.72. The average molecular weight is 323 g/mol. The Balaban J connectivity index is 2.20. The minimum Gasteiger partial charge on any atom is -0.385 e. The first-order valence-corrected chi connectivity index (χ1v) is 7.09. The van der Waals surface area contributed by atoms with Crippen molar-refractivity contribution in [1.29, 1.82) is 0 Å². The number of para-hydroxylation sites is 1. The quantitative estimate of drug-likeness (QED) is 0.868. The number of rotatable bonds is 5. The molecule has 0 aliphatic rings.